The Morgan fingerprint density at radius 1 is 1.29 bits per heavy atom. The van der Waals surface area contributed by atoms with Crippen molar-refractivity contribution in [1.82, 2.24) is 14.8 Å². The second-order valence-corrected chi connectivity index (χ2v) is 5.91. The first-order valence-corrected chi connectivity index (χ1v) is 7.45. The number of benzene rings is 1. The molecule has 1 heterocycles. The van der Waals surface area contributed by atoms with Crippen LogP contribution in [0, 0.1) is 0 Å². The minimum Gasteiger partial charge on any atom is -0.307 e. The molecule has 0 aliphatic rings. The van der Waals surface area contributed by atoms with E-state index in [0.29, 0.717) is 10.3 Å². The molecule has 0 fully saturated rings. The first-order valence-electron chi connectivity index (χ1n) is 6.12. The second-order valence-electron chi connectivity index (χ2n) is 4.72. The van der Waals surface area contributed by atoms with Crippen LogP contribution >= 0.6 is 27.5 Å². The molecule has 0 saturated heterocycles. The van der Waals surface area contributed by atoms with Gasteiger partial charge < -0.3 is 4.57 Å². The van der Waals surface area contributed by atoms with Gasteiger partial charge in [-0.2, -0.15) is 13.2 Å². The molecule has 0 aliphatic carbocycles. The van der Waals surface area contributed by atoms with E-state index in [9.17, 15) is 13.2 Å². The van der Waals surface area contributed by atoms with E-state index >= 15 is 0 Å². The van der Waals surface area contributed by atoms with Crippen LogP contribution in [0.5, 0.6) is 0 Å². The fourth-order valence-corrected chi connectivity index (χ4v) is 2.63. The number of alkyl halides is 4. The second kappa shape index (κ2) is 5.96. The van der Waals surface area contributed by atoms with E-state index in [4.69, 9.17) is 11.6 Å². The first-order chi connectivity index (χ1) is 9.75. The first kappa shape index (κ1) is 16.3. The Kier molecular flexibility index (Phi) is 4.63. The molecular formula is C13H12BrClF3N3. The SMILES string of the molecule is CC(C)n1c(CCl)nnc1-c1ccc(Br)cc1C(F)(F)F. The fourth-order valence-electron chi connectivity index (χ4n) is 2.09. The summed E-state index contributed by atoms with van der Waals surface area (Å²) in [4.78, 5) is 0. The summed E-state index contributed by atoms with van der Waals surface area (Å²) in [7, 11) is 0. The molecule has 1 aromatic heterocycles. The number of rotatable bonds is 3. The molecule has 0 N–H and O–H groups in total. The molecule has 0 aliphatic heterocycles. The summed E-state index contributed by atoms with van der Waals surface area (Å²) in [5, 5.41) is 7.78. The topological polar surface area (TPSA) is 30.7 Å². The molecule has 0 amide bonds. The van der Waals surface area contributed by atoms with Crippen LogP contribution in [-0.4, -0.2) is 14.8 Å². The van der Waals surface area contributed by atoms with Crippen LogP contribution in [0.3, 0.4) is 0 Å². The van der Waals surface area contributed by atoms with Crippen molar-refractivity contribution < 1.29 is 13.2 Å². The van der Waals surface area contributed by atoms with E-state index in [-0.39, 0.29) is 23.3 Å². The largest absolute Gasteiger partial charge is 0.417 e. The normalized spacial score (nSPS) is 12.2. The Bertz CT molecular complexity index is 653. The van der Waals surface area contributed by atoms with Crippen LogP contribution in [0.15, 0.2) is 22.7 Å². The van der Waals surface area contributed by atoms with E-state index in [1.807, 2.05) is 13.8 Å². The van der Waals surface area contributed by atoms with Gasteiger partial charge >= 0.3 is 6.18 Å². The molecule has 2 rings (SSSR count). The molecule has 0 bridgehead atoms. The average molecular weight is 383 g/mol. The van der Waals surface area contributed by atoms with Crippen molar-refractivity contribution >= 4 is 27.5 Å². The lowest BCUT2D eigenvalue weighted by Gasteiger charge is -2.17. The van der Waals surface area contributed by atoms with E-state index in [2.05, 4.69) is 26.1 Å². The monoisotopic (exact) mass is 381 g/mol. The van der Waals surface area contributed by atoms with Gasteiger partial charge in [-0.1, -0.05) is 15.9 Å². The lowest BCUT2D eigenvalue weighted by Crippen LogP contribution is -2.12. The van der Waals surface area contributed by atoms with Gasteiger partial charge in [-0.3, -0.25) is 0 Å². The molecule has 2 aromatic rings. The number of halogens is 5. The van der Waals surface area contributed by atoms with E-state index in [1.54, 1.807) is 10.6 Å². The zero-order valence-corrected chi connectivity index (χ0v) is 13.6. The van der Waals surface area contributed by atoms with Crippen LogP contribution in [0.4, 0.5) is 13.2 Å². The molecule has 114 valence electrons. The number of hydrogen-bond donors (Lipinski definition) is 0. The Hall–Kier alpha value is -1.08. The maximum Gasteiger partial charge on any atom is 0.417 e. The highest BCUT2D eigenvalue weighted by molar-refractivity contribution is 9.10. The highest BCUT2D eigenvalue weighted by atomic mass is 79.9. The molecule has 8 heteroatoms. The number of nitrogens with zero attached hydrogens (tertiary/aromatic N) is 3. The lowest BCUT2D eigenvalue weighted by molar-refractivity contribution is -0.137. The predicted octanol–water partition coefficient (Wildman–Crippen LogP) is 5.05. The zero-order chi connectivity index (χ0) is 15.8. The van der Waals surface area contributed by atoms with Crippen LogP contribution in [0.25, 0.3) is 11.4 Å². The minimum absolute atomic E-state index is 0.0109. The molecule has 0 unspecified atom stereocenters. The summed E-state index contributed by atoms with van der Waals surface area (Å²) in [6.45, 7) is 3.68. The van der Waals surface area contributed by atoms with Gasteiger partial charge in [0.2, 0.25) is 0 Å². The highest BCUT2D eigenvalue weighted by Gasteiger charge is 2.35. The molecule has 0 radical (unpaired) electrons. The molecule has 0 saturated carbocycles. The Morgan fingerprint density at radius 2 is 1.95 bits per heavy atom. The number of hydrogen-bond acceptors (Lipinski definition) is 2. The van der Waals surface area contributed by atoms with Crippen molar-refractivity contribution in [2.24, 2.45) is 0 Å². The smallest absolute Gasteiger partial charge is 0.307 e. The Labute approximate surface area is 133 Å². The van der Waals surface area contributed by atoms with Crippen LogP contribution < -0.4 is 0 Å². The molecule has 3 nitrogen and oxygen atoms in total. The fraction of sp³-hybridized carbons (Fsp3) is 0.385. The van der Waals surface area contributed by atoms with Crippen LogP contribution in [0.2, 0.25) is 0 Å². The van der Waals surface area contributed by atoms with Gasteiger partial charge in [-0.05, 0) is 32.0 Å². The summed E-state index contributed by atoms with van der Waals surface area (Å²) in [6.07, 6.45) is -4.48. The molecular weight excluding hydrogens is 371 g/mol. The van der Waals surface area contributed by atoms with Gasteiger partial charge in [0.15, 0.2) is 5.82 Å². The van der Waals surface area contributed by atoms with Crippen molar-refractivity contribution in [3.63, 3.8) is 0 Å². The third-order valence-electron chi connectivity index (χ3n) is 2.93. The third-order valence-corrected chi connectivity index (χ3v) is 3.66. The minimum atomic E-state index is -4.48. The highest BCUT2D eigenvalue weighted by Crippen LogP contribution is 2.38. The van der Waals surface area contributed by atoms with Gasteiger partial charge in [0.1, 0.15) is 5.82 Å². The van der Waals surface area contributed by atoms with Crippen molar-refractivity contribution in [3.05, 3.63) is 34.1 Å². The van der Waals surface area contributed by atoms with Gasteiger partial charge in [-0.25, -0.2) is 0 Å². The Balaban J connectivity index is 2.71. The average Bonchev–Trinajstić information content (AvgIpc) is 2.81. The quantitative estimate of drug-likeness (QED) is 0.696. The van der Waals surface area contributed by atoms with E-state index < -0.39 is 11.7 Å². The maximum absolute atomic E-state index is 13.2. The van der Waals surface area contributed by atoms with Crippen molar-refractivity contribution in [3.8, 4) is 11.4 Å². The van der Waals surface area contributed by atoms with Crippen molar-refractivity contribution in [2.75, 3.05) is 0 Å². The van der Waals surface area contributed by atoms with E-state index in [1.165, 1.54) is 6.07 Å². The third kappa shape index (κ3) is 3.23. The predicted molar refractivity (Wildman–Crippen MR) is 78.1 cm³/mol. The van der Waals surface area contributed by atoms with Gasteiger partial charge in [0.05, 0.1) is 11.4 Å². The summed E-state index contributed by atoms with van der Waals surface area (Å²) in [5.41, 5.74) is -0.768. The summed E-state index contributed by atoms with van der Waals surface area (Å²) in [5.74, 6) is 0.696. The van der Waals surface area contributed by atoms with Crippen molar-refractivity contribution in [1.29, 1.82) is 0 Å². The molecule has 1 aromatic carbocycles. The van der Waals surface area contributed by atoms with Crippen LogP contribution in [0.1, 0.15) is 31.3 Å². The molecule has 0 spiro atoms. The number of aromatic nitrogens is 3. The summed E-state index contributed by atoms with van der Waals surface area (Å²) < 4.78 is 41.7. The standard InChI is InChI=1S/C13H12BrClF3N3/c1-7(2)21-11(6-15)19-20-12(21)9-4-3-8(14)5-10(9)13(16,17)18/h3-5,7H,6H2,1-2H3. The van der Waals surface area contributed by atoms with Crippen molar-refractivity contribution in [2.45, 2.75) is 31.9 Å². The molecule has 0 atom stereocenters. The van der Waals surface area contributed by atoms with Crippen LogP contribution in [-0.2, 0) is 12.1 Å². The maximum atomic E-state index is 13.2. The van der Waals surface area contributed by atoms with E-state index in [0.717, 1.165) is 6.07 Å². The van der Waals surface area contributed by atoms with Gasteiger partial charge in [0.25, 0.3) is 0 Å². The molecule has 21 heavy (non-hydrogen) atoms. The lowest BCUT2D eigenvalue weighted by atomic mass is 10.1. The Morgan fingerprint density at radius 3 is 2.48 bits per heavy atom. The summed E-state index contributed by atoms with van der Waals surface area (Å²) >= 11 is 8.84. The zero-order valence-electron chi connectivity index (χ0n) is 11.2. The van der Waals surface area contributed by atoms with Gasteiger partial charge in [-0.15, -0.1) is 21.8 Å². The summed E-state index contributed by atoms with van der Waals surface area (Å²) in [6, 6.07) is 3.86. The van der Waals surface area contributed by atoms with Gasteiger partial charge in [0, 0.05) is 16.1 Å².